The Hall–Kier alpha value is -4.52. The molecule has 4 rings (SSSR count). The van der Waals surface area contributed by atoms with Crippen LogP contribution in [0.4, 0.5) is 0 Å². The van der Waals surface area contributed by atoms with Crippen LogP contribution in [0, 0.1) is 0 Å². The zero-order chi connectivity index (χ0) is 22.8. The Morgan fingerprint density at radius 3 is 2.03 bits per heavy atom. The first-order valence-corrected chi connectivity index (χ1v) is 9.83. The lowest BCUT2D eigenvalue weighted by molar-refractivity contribution is -0.134. The lowest BCUT2D eigenvalue weighted by Gasteiger charge is -2.00. The van der Waals surface area contributed by atoms with Gasteiger partial charge in [0.2, 0.25) is 0 Å². The number of aromatic nitrogens is 2. The summed E-state index contributed by atoms with van der Waals surface area (Å²) >= 11 is 0. The second-order valence-corrected chi connectivity index (χ2v) is 6.66. The number of nitrogens with zero attached hydrogens (tertiary/aromatic N) is 3. The molecule has 0 atom stereocenters. The van der Waals surface area contributed by atoms with Crippen molar-refractivity contribution in [3.8, 4) is 16.9 Å². The van der Waals surface area contributed by atoms with Gasteiger partial charge in [-0.15, -0.1) is 0 Å². The van der Waals surface area contributed by atoms with E-state index in [0.717, 1.165) is 29.4 Å². The van der Waals surface area contributed by atoms with Gasteiger partial charge in [0, 0.05) is 29.8 Å². The summed E-state index contributed by atoms with van der Waals surface area (Å²) in [5.74, 6) is -1.09. The summed E-state index contributed by atoms with van der Waals surface area (Å²) in [6.45, 7) is 1.08. The molecule has 7 nitrogen and oxygen atoms in total. The summed E-state index contributed by atoms with van der Waals surface area (Å²) in [6, 6.07) is 28.7. The van der Waals surface area contributed by atoms with Crippen LogP contribution in [0.15, 0.2) is 102 Å². The number of hydrazone groups is 1. The molecular weight excluding hydrogens is 404 g/mol. The maximum Gasteiger partial charge on any atom is 0.300 e. The molecule has 0 bridgehead atoms. The molecule has 0 radical (unpaired) electrons. The Kier molecular flexibility index (Phi) is 7.64. The van der Waals surface area contributed by atoms with Crippen molar-refractivity contribution >= 4 is 18.1 Å². The number of carbonyl (C=O) groups is 2. The highest BCUT2D eigenvalue weighted by atomic mass is 16.4. The third kappa shape index (κ3) is 6.24. The molecular formula is C25H22N4O3. The molecule has 1 heterocycles. The fourth-order valence-corrected chi connectivity index (χ4v) is 2.83. The average molecular weight is 426 g/mol. The maximum absolute atomic E-state index is 12.2. The number of carboxylic acid groups (broad SMARTS) is 1. The summed E-state index contributed by atoms with van der Waals surface area (Å²) in [5.41, 5.74) is 6.66. The van der Waals surface area contributed by atoms with E-state index in [0.29, 0.717) is 5.56 Å². The molecule has 1 aromatic heterocycles. The Morgan fingerprint density at radius 1 is 0.906 bits per heavy atom. The minimum absolute atomic E-state index is 0.256. The number of hydrogen-bond acceptors (Lipinski definition) is 4. The topological polar surface area (TPSA) is 96.6 Å². The van der Waals surface area contributed by atoms with Gasteiger partial charge in [-0.2, -0.15) is 10.2 Å². The first-order chi connectivity index (χ1) is 15.5. The van der Waals surface area contributed by atoms with Crippen molar-refractivity contribution in [1.82, 2.24) is 15.2 Å². The van der Waals surface area contributed by atoms with Gasteiger partial charge in [-0.05, 0) is 24.3 Å². The van der Waals surface area contributed by atoms with Crippen LogP contribution in [-0.2, 0) is 4.79 Å². The molecule has 0 spiro atoms. The summed E-state index contributed by atoms with van der Waals surface area (Å²) in [6.07, 6.45) is 3.52. The smallest absolute Gasteiger partial charge is 0.300 e. The number of hydrogen-bond donors (Lipinski definition) is 2. The number of benzene rings is 3. The fourth-order valence-electron chi connectivity index (χ4n) is 2.83. The van der Waals surface area contributed by atoms with Gasteiger partial charge in [0.15, 0.2) is 0 Å². The highest BCUT2D eigenvalue weighted by Crippen LogP contribution is 2.22. The van der Waals surface area contributed by atoms with E-state index in [1.807, 2.05) is 89.7 Å². The zero-order valence-electron chi connectivity index (χ0n) is 17.4. The Bertz CT molecular complexity index is 1180. The van der Waals surface area contributed by atoms with Crippen LogP contribution < -0.4 is 5.43 Å². The van der Waals surface area contributed by atoms with Crippen molar-refractivity contribution in [1.29, 1.82) is 0 Å². The fraction of sp³-hybridized carbons (Fsp3) is 0.0400. The molecule has 0 aliphatic carbocycles. The predicted octanol–water partition coefficient (Wildman–Crippen LogP) is 4.39. The number of aliphatic carboxylic acids is 1. The SMILES string of the molecule is CC(=O)O.O=C(N/N=C/c1cn(-c2ccccc2)nc1-c1ccccc1)c1ccccc1. The highest BCUT2D eigenvalue weighted by molar-refractivity contribution is 5.95. The number of carbonyl (C=O) groups excluding carboxylic acids is 1. The average Bonchev–Trinajstić information content (AvgIpc) is 3.24. The molecule has 1 amide bonds. The molecule has 32 heavy (non-hydrogen) atoms. The van der Waals surface area contributed by atoms with Gasteiger partial charge in [0.05, 0.1) is 11.9 Å². The Labute approximate surface area is 185 Å². The van der Waals surface area contributed by atoms with E-state index in [9.17, 15) is 4.79 Å². The van der Waals surface area contributed by atoms with Crippen molar-refractivity contribution < 1.29 is 14.7 Å². The maximum atomic E-state index is 12.2. The molecule has 2 N–H and O–H groups in total. The second-order valence-electron chi connectivity index (χ2n) is 6.66. The van der Waals surface area contributed by atoms with Crippen LogP contribution in [0.2, 0.25) is 0 Å². The first-order valence-electron chi connectivity index (χ1n) is 9.83. The number of para-hydroxylation sites is 1. The van der Waals surface area contributed by atoms with Crippen molar-refractivity contribution in [2.75, 3.05) is 0 Å². The van der Waals surface area contributed by atoms with Gasteiger partial charge in [-0.1, -0.05) is 66.7 Å². The minimum atomic E-state index is -0.833. The van der Waals surface area contributed by atoms with Crippen LogP contribution in [0.3, 0.4) is 0 Å². The molecule has 0 saturated heterocycles. The Morgan fingerprint density at radius 2 is 1.44 bits per heavy atom. The normalized spacial score (nSPS) is 10.3. The predicted molar refractivity (Wildman–Crippen MR) is 124 cm³/mol. The van der Waals surface area contributed by atoms with Crippen LogP contribution >= 0.6 is 0 Å². The van der Waals surface area contributed by atoms with Gasteiger partial charge in [-0.3, -0.25) is 9.59 Å². The minimum Gasteiger partial charge on any atom is -0.481 e. The largest absolute Gasteiger partial charge is 0.481 e. The van der Waals surface area contributed by atoms with Crippen LogP contribution in [0.25, 0.3) is 16.9 Å². The number of carboxylic acids is 1. The van der Waals surface area contributed by atoms with Crippen molar-refractivity contribution in [2.24, 2.45) is 5.10 Å². The molecule has 0 unspecified atom stereocenters. The van der Waals surface area contributed by atoms with Crippen LogP contribution in [0.5, 0.6) is 0 Å². The second kappa shape index (κ2) is 11.0. The lowest BCUT2D eigenvalue weighted by atomic mass is 10.1. The quantitative estimate of drug-likeness (QED) is 0.365. The standard InChI is InChI=1S/C23H18N4O.C2H4O2/c28-23(19-12-6-2-7-13-19)25-24-16-20-17-27(21-14-8-3-9-15-21)26-22(20)18-10-4-1-5-11-18;1-2(3)4/h1-17H,(H,25,28);1H3,(H,3,4)/b24-16+;. The lowest BCUT2D eigenvalue weighted by Crippen LogP contribution is -2.17. The monoisotopic (exact) mass is 426 g/mol. The van der Waals surface area contributed by atoms with E-state index in [2.05, 4.69) is 10.5 Å². The molecule has 0 aliphatic heterocycles. The van der Waals surface area contributed by atoms with Crippen molar-refractivity contribution in [2.45, 2.75) is 6.92 Å². The van der Waals surface area contributed by atoms with Gasteiger partial charge < -0.3 is 5.11 Å². The van der Waals surface area contributed by atoms with E-state index >= 15 is 0 Å². The number of nitrogens with one attached hydrogen (secondary N) is 1. The van der Waals surface area contributed by atoms with Gasteiger partial charge in [0.25, 0.3) is 11.9 Å². The third-order valence-corrected chi connectivity index (χ3v) is 4.22. The molecule has 160 valence electrons. The van der Waals surface area contributed by atoms with Crippen LogP contribution in [0.1, 0.15) is 22.8 Å². The van der Waals surface area contributed by atoms with E-state index < -0.39 is 5.97 Å². The van der Waals surface area contributed by atoms with Crippen molar-refractivity contribution in [3.63, 3.8) is 0 Å². The molecule has 7 heteroatoms. The number of rotatable bonds is 5. The molecule has 0 fully saturated rings. The summed E-state index contributed by atoms with van der Waals surface area (Å²) in [4.78, 5) is 21.2. The van der Waals surface area contributed by atoms with Crippen LogP contribution in [-0.4, -0.2) is 33.0 Å². The van der Waals surface area contributed by atoms with E-state index in [1.165, 1.54) is 0 Å². The van der Waals surface area contributed by atoms with Gasteiger partial charge in [-0.25, -0.2) is 10.1 Å². The molecule has 0 saturated carbocycles. The van der Waals surface area contributed by atoms with E-state index in [-0.39, 0.29) is 5.91 Å². The highest BCUT2D eigenvalue weighted by Gasteiger charge is 2.11. The molecule has 3 aromatic carbocycles. The Balaban J connectivity index is 0.000000668. The van der Waals surface area contributed by atoms with Crippen molar-refractivity contribution in [3.05, 3.63) is 108 Å². The van der Waals surface area contributed by atoms with Gasteiger partial charge >= 0.3 is 0 Å². The molecule has 0 aliphatic rings. The van der Waals surface area contributed by atoms with E-state index in [4.69, 9.17) is 15.0 Å². The summed E-state index contributed by atoms with van der Waals surface area (Å²) in [7, 11) is 0. The third-order valence-electron chi connectivity index (χ3n) is 4.22. The van der Waals surface area contributed by atoms with Gasteiger partial charge in [0.1, 0.15) is 5.69 Å². The number of amides is 1. The van der Waals surface area contributed by atoms with E-state index in [1.54, 1.807) is 18.3 Å². The summed E-state index contributed by atoms with van der Waals surface area (Å²) < 4.78 is 1.81. The summed E-state index contributed by atoms with van der Waals surface area (Å²) in [5, 5.41) is 16.3. The zero-order valence-corrected chi connectivity index (χ0v) is 17.4. The first kappa shape index (κ1) is 22.2. The molecule has 4 aromatic rings.